The zero-order valence-electron chi connectivity index (χ0n) is 22.3. The standard InChI is InChI=1S/C33H25FN4O3/c1-19-12-22-8-5-11-38-17-25(31(40)23(13-19)30(22)38)27(39)15-20-9-10-28(26(34)14-20)41-33-29-24(21-6-3-2-4-7-21)16-35-32(29)36-18-37-33/h2-4,6-7,9-10,12-14,16-18H,5,8,11,15H2,1H3,(H,35,36,37). The Hall–Kier alpha value is -5.11. The molecule has 0 unspecified atom stereocenters. The molecule has 0 saturated carbocycles. The molecule has 7 rings (SSSR count). The molecule has 1 aliphatic rings. The molecule has 3 aromatic heterocycles. The van der Waals surface area contributed by atoms with E-state index < -0.39 is 5.82 Å². The summed E-state index contributed by atoms with van der Waals surface area (Å²) in [5.41, 5.74) is 5.69. The Bertz CT molecular complexity index is 2050. The summed E-state index contributed by atoms with van der Waals surface area (Å²) < 4.78 is 23.2. The molecule has 3 aromatic carbocycles. The Morgan fingerprint density at radius 3 is 2.78 bits per heavy atom. The van der Waals surface area contributed by atoms with Gasteiger partial charge < -0.3 is 14.3 Å². The number of hydrogen-bond acceptors (Lipinski definition) is 5. The number of carbonyl (C=O) groups is 1. The van der Waals surface area contributed by atoms with Crippen LogP contribution in [0.3, 0.4) is 0 Å². The van der Waals surface area contributed by atoms with Crippen molar-refractivity contribution in [1.82, 2.24) is 19.5 Å². The molecule has 202 valence electrons. The average Bonchev–Trinajstić information content (AvgIpc) is 3.42. The van der Waals surface area contributed by atoms with Gasteiger partial charge in [-0.15, -0.1) is 0 Å². The third-order valence-electron chi connectivity index (χ3n) is 7.63. The summed E-state index contributed by atoms with van der Waals surface area (Å²) in [5, 5.41) is 1.20. The predicted molar refractivity (Wildman–Crippen MR) is 155 cm³/mol. The Balaban J connectivity index is 1.18. The van der Waals surface area contributed by atoms with Gasteiger partial charge in [0.05, 0.1) is 16.5 Å². The minimum absolute atomic E-state index is 0.0281. The number of benzene rings is 3. The number of nitrogens with zero attached hydrogens (tertiary/aromatic N) is 3. The van der Waals surface area contributed by atoms with E-state index in [2.05, 4.69) is 21.0 Å². The summed E-state index contributed by atoms with van der Waals surface area (Å²) in [6.45, 7) is 2.71. The summed E-state index contributed by atoms with van der Waals surface area (Å²) in [4.78, 5) is 38.3. The van der Waals surface area contributed by atoms with Gasteiger partial charge in [0, 0.05) is 36.3 Å². The highest BCUT2D eigenvalue weighted by Crippen LogP contribution is 2.36. The van der Waals surface area contributed by atoms with Crippen LogP contribution in [0, 0.1) is 12.7 Å². The van der Waals surface area contributed by atoms with Crippen LogP contribution < -0.4 is 10.2 Å². The van der Waals surface area contributed by atoms with Gasteiger partial charge in [0.15, 0.2) is 22.8 Å². The van der Waals surface area contributed by atoms with Crippen molar-refractivity contribution >= 4 is 27.7 Å². The number of ether oxygens (including phenoxy) is 1. The first kappa shape index (κ1) is 24.9. The molecule has 0 saturated heterocycles. The number of Topliss-reactive ketones (excluding diaryl/α,β-unsaturated/α-hetero) is 1. The highest BCUT2D eigenvalue weighted by atomic mass is 19.1. The van der Waals surface area contributed by atoms with E-state index in [1.54, 1.807) is 12.3 Å². The lowest BCUT2D eigenvalue weighted by molar-refractivity contribution is 0.0991. The summed E-state index contributed by atoms with van der Waals surface area (Å²) in [6.07, 6.45) is 6.59. The van der Waals surface area contributed by atoms with Crippen LogP contribution >= 0.6 is 0 Å². The lowest BCUT2D eigenvalue weighted by Crippen LogP contribution is -2.23. The minimum Gasteiger partial charge on any atom is -0.435 e. The van der Waals surface area contributed by atoms with Gasteiger partial charge in [0.2, 0.25) is 5.88 Å². The Labute approximate surface area is 234 Å². The van der Waals surface area contributed by atoms with Gasteiger partial charge in [0.1, 0.15) is 12.0 Å². The molecule has 4 heterocycles. The topological polar surface area (TPSA) is 89.9 Å². The van der Waals surface area contributed by atoms with Crippen molar-refractivity contribution in [3.8, 4) is 22.8 Å². The van der Waals surface area contributed by atoms with Gasteiger partial charge in [-0.3, -0.25) is 9.59 Å². The van der Waals surface area contributed by atoms with Crippen LogP contribution in [-0.4, -0.2) is 25.3 Å². The SMILES string of the molecule is Cc1cc2c3c(c1)c(=O)c(C(=O)Cc1ccc(Oc4ncnc5[nH]cc(-c6ccccc6)c45)c(F)c1)cn3CCC2. The monoisotopic (exact) mass is 544 g/mol. The molecule has 1 aliphatic heterocycles. The van der Waals surface area contributed by atoms with Gasteiger partial charge in [0.25, 0.3) is 0 Å². The first-order valence-electron chi connectivity index (χ1n) is 13.5. The second-order valence-electron chi connectivity index (χ2n) is 10.4. The van der Waals surface area contributed by atoms with Crippen LogP contribution in [0.4, 0.5) is 4.39 Å². The maximum Gasteiger partial charge on any atom is 0.232 e. The largest absolute Gasteiger partial charge is 0.435 e. The van der Waals surface area contributed by atoms with Crippen molar-refractivity contribution in [2.75, 3.05) is 0 Å². The number of carbonyl (C=O) groups excluding carboxylic acids is 1. The molecule has 7 nitrogen and oxygen atoms in total. The molecular weight excluding hydrogens is 519 g/mol. The number of fused-ring (bicyclic) bond motifs is 1. The summed E-state index contributed by atoms with van der Waals surface area (Å²) in [7, 11) is 0. The van der Waals surface area contributed by atoms with E-state index in [1.807, 2.05) is 54.1 Å². The number of hydrogen-bond donors (Lipinski definition) is 1. The van der Waals surface area contributed by atoms with Crippen LogP contribution in [0.25, 0.3) is 33.1 Å². The summed E-state index contributed by atoms with van der Waals surface area (Å²) in [6, 6.07) is 18.0. The smallest absolute Gasteiger partial charge is 0.232 e. The number of aryl methyl sites for hydroxylation is 3. The number of halogens is 1. The second-order valence-corrected chi connectivity index (χ2v) is 10.4. The van der Waals surface area contributed by atoms with E-state index in [-0.39, 0.29) is 34.8 Å². The van der Waals surface area contributed by atoms with Crippen LogP contribution in [0.5, 0.6) is 11.6 Å². The highest BCUT2D eigenvalue weighted by molar-refractivity contribution is 6.00. The molecule has 0 bridgehead atoms. The fourth-order valence-corrected chi connectivity index (χ4v) is 5.77. The quantitative estimate of drug-likeness (QED) is 0.240. The Morgan fingerprint density at radius 2 is 1.95 bits per heavy atom. The van der Waals surface area contributed by atoms with E-state index in [9.17, 15) is 9.59 Å². The number of aromatic nitrogens is 4. The predicted octanol–water partition coefficient (Wildman–Crippen LogP) is 6.55. The van der Waals surface area contributed by atoms with E-state index >= 15 is 4.39 Å². The Morgan fingerprint density at radius 1 is 1.10 bits per heavy atom. The molecule has 8 heteroatoms. The maximum atomic E-state index is 15.3. The van der Waals surface area contributed by atoms with Crippen molar-refractivity contribution in [2.24, 2.45) is 0 Å². The zero-order chi connectivity index (χ0) is 28.1. The molecule has 0 atom stereocenters. The minimum atomic E-state index is -0.635. The Kier molecular flexibility index (Phi) is 5.96. The highest BCUT2D eigenvalue weighted by Gasteiger charge is 2.21. The molecule has 0 radical (unpaired) electrons. The number of H-pyrrole nitrogens is 1. The molecule has 0 fully saturated rings. The van der Waals surface area contributed by atoms with Crippen LogP contribution in [-0.2, 0) is 19.4 Å². The number of nitrogens with one attached hydrogen (secondary N) is 1. The van der Waals surface area contributed by atoms with Crippen molar-refractivity contribution in [2.45, 2.75) is 32.7 Å². The number of ketones is 1. The number of rotatable bonds is 6. The lowest BCUT2D eigenvalue weighted by Gasteiger charge is -2.21. The van der Waals surface area contributed by atoms with Crippen molar-refractivity contribution < 1.29 is 13.9 Å². The van der Waals surface area contributed by atoms with E-state index in [4.69, 9.17) is 4.74 Å². The van der Waals surface area contributed by atoms with Crippen LogP contribution in [0.1, 0.15) is 33.5 Å². The first-order valence-corrected chi connectivity index (χ1v) is 13.5. The third kappa shape index (κ3) is 4.37. The molecule has 0 aliphatic carbocycles. The third-order valence-corrected chi connectivity index (χ3v) is 7.63. The van der Waals surface area contributed by atoms with E-state index in [0.29, 0.717) is 22.0 Å². The molecular formula is C33H25FN4O3. The van der Waals surface area contributed by atoms with E-state index in [0.717, 1.165) is 47.2 Å². The molecule has 41 heavy (non-hydrogen) atoms. The van der Waals surface area contributed by atoms with Gasteiger partial charge in [-0.1, -0.05) is 42.5 Å². The van der Waals surface area contributed by atoms with Gasteiger partial charge in [-0.05, 0) is 60.2 Å². The molecule has 1 N–H and O–H groups in total. The summed E-state index contributed by atoms with van der Waals surface area (Å²) in [5.74, 6) is -0.797. The fraction of sp³-hybridized carbons (Fsp3) is 0.152. The number of pyridine rings is 1. The van der Waals surface area contributed by atoms with Gasteiger partial charge in [-0.2, -0.15) is 0 Å². The van der Waals surface area contributed by atoms with Crippen molar-refractivity contribution in [3.63, 3.8) is 0 Å². The van der Waals surface area contributed by atoms with E-state index in [1.165, 1.54) is 18.5 Å². The fourth-order valence-electron chi connectivity index (χ4n) is 5.77. The van der Waals surface area contributed by atoms with Gasteiger partial charge in [-0.25, -0.2) is 14.4 Å². The zero-order valence-corrected chi connectivity index (χ0v) is 22.3. The van der Waals surface area contributed by atoms with Crippen molar-refractivity contribution in [1.29, 1.82) is 0 Å². The maximum absolute atomic E-state index is 15.3. The van der Waals surface area contributed by atoms with Gasteiger partial charge >= 0.3 is 0 Å². The normalized spacial score (nSPS) is 12.6. The molecule has 6 aromatic rings. The van der Waals surface area contributed by atoms with Crippen molar-refractivity contribution in [3.05, 3.63) is 118 Å². The first-order chi connectivity index (χ1) is 20.0. The summed E-state index contributed by atoms with van der Waals surface area (Å²) >= 11 is 0. The van der Waals surface area contributed by atoms with Crippen LogP contribution in [0.2, 0.25) is 0 Å². The number of aromatic amines is 1. The molecule has 0 spiro atoms. The average molecular weight is 545 g/mol. The molecule has 0 amide bonds. The van der Waals surface area contributed by atoms with Crippen LogP contribution in [0.15, 0.2) is 84.2 Å². The lowest BCUT2D eigenvalue weighted by atomic mass is 9.95. The second kappa shape index (κ2) is 9.82.